The Labute approximate surface area is 278 Å². The van der Waals surface area contributed by atoms with Crippen molar-refractivity contribution in [1.82, 2.24) is 10.2 Å². The molecule has 0 saturated heterocycles. The Kier molecular flexibility index (Phi) is 10.5. The Morgan fingerprint density at radius 2 is 1.65 bits per heavy atom. The monoisotopic (exact) mass is 655 g/mol. The molecule has 4 aromatic carbocycles. The molecule has 5 rings (SSSR count). The first-order chi connectivity index (χ1) is 22.1. The summed E-state index contributed by atoms with van der Waals surface area (Å²) in [6.45, 7) is 1.19. The maximum Gasteiger partial charge on any atom is 0.272 e. The number of rotatable bonds is 11. The van der Waals surface area contributed by atoms with Gasteiger partial charge in [0.15, 0.2) is 0 Å². The highest BCUT2D eigenvalue weighted by Crippen LogP contribution is 2.31. The molecular weight excluding hydrogens is 621 g/mol. The first-order valence-corrected chi connectivity index (χ1v) is 15.7. The van der Waals surface area contributed by atoms with Gasteiger partial charge in [-0.25, -0.2) is 4.99 Å². The Hall–Kier alpha value is -4.50. The normalized spacial score (nSPS) is 15.2. The van der Waals surface area contributed by atoms with E-state index >= 15 is 0 Å². The predicted molar refractivity (Wildman–Crippen MR) is 184 cm³/mol. The fourth-order valence-corrected chi connectivity index (χ4v) is 6.00. The van der Waals surface area contributed by atoms with E-state index in [1.807, 2.05) is 68.7 Å². The number of carbonyl (C=O) groups excluding carboxylic acids is 3. The summed E-state index contributed by atoms with van der Waals surface area (Å²) < 4.78 is 0. The van der Waals surface area contributed by atoms with E-state index in [4.69, 9.17) is 33.9 Å². The summed E-state index contributed by atoms with van der Waals surface area (Å²) in [5.41, 5.74) is 9.96. The van der Waals surface area contributed by atoms with Gasteiger partial charge in [0.25, 0.3) is 5.91 Å². The third-order valence-corrected chi connectivity index (χ3v) is 8.46. The number of benzene rings is 4. The summed E-state index contributed by atoms with van der Waals surface area (Å²) in [4.78, 5) is 49.0. The van der Waals surface area contributed by atoms with Crippen LogP contribution in [0.1, 0.15) is 45.0 Å². The molecule has 3 amide bonds. The van der Waals surface area contributed by atoms with Crippen molar-refractivity contribution < 1.29 is 14.4 Å². The molecule has 0 saturated carbocycles. The van der Waals surface area contributed by atoms with Crippen LogP contribution in [0, 0.1) is 0 Å². The Balaban J connectivity index is 1.56. The van der Waals surface area contributed by atoms with Crippen molar-refractivity contribution >= 4 is 52.3 Å². The minimum Gasteiger partial charge on any atom is -0.366 e. The summed E-state index contributed by atoms with van der Waals surface area (Å²) in [5, 5.41) is 3.93. The standard InChI is InChI=1S/C36H35Cl2N5O3/c1-42(2)19-8-20-43-31-12-7-6-11-28(31)32(24-13-15-25(16-14-24)33(39)44)40-34(36(43)46)41-35(45)29(23-9-4-3-5-10-23)21-26-17-18-27(37)22-30(26)38/h3-7,9-18,22,29,34H,8,19-21H2,1-2H3,(H2,39,44)(H,41,45). The van der Waals surface area contributed by atoms with Crippen LogP contribution < -0.4 is 16.0 Å². The number of halogens is 2. The molecule has 0 bridgehead atoms. The van der Waals surface area contributed by atoms with E-state index in [0.717, 1.165) is 23.2 Å². The number of para-hydroxylation sites is 1. The Morgan fingerprint density at radius 1 is 0.957 bits per heavy atom. The summed E-state index contributed by atoms with van der Waals surface area (Å²) in [6.07, 6.45) is -0.236. The van der Waals surface area contributed by atoms with Crippen molar-refractivity contribution in [2.75, 3.05) is 32.1 Å². The van der Waals surface area contributed by atoms with Gasteiger partial charge in [-0.15, -0.1) is 0 Å². The van der Waals surface area contributed by atoms with Crippen molar-refractivity contribution in [2.24, 2.45) is 10.7 Å². The van der Waals surface area contributed by atoms with Gasteiger partial charge < -0.3 is 20.9 Å². The molecule has 1 heterocycles. The number of nitrogens with zero attached hydrogens (tertiary/aromatic N) is 3. The molecule has 4 aromatic rings. The molecule has 0 aliphatic carbocycles. The Morgan fingerprint density at radius 3 is 2.33 bits per heavy atom. The highest BCUT2D eigenvalue weighted by atomic mass is 35.5. The number of nitrogens with one attached hydrogen (secondary N) is 1. The van der Waals surface area contributed by atoms with Gasteiger partial charge in [0.05, 0.1) is 17.3 Å². The number of primary amides is 1. The second-order valence-electron chi connectivity index (χ2n) is 11.4. The van der Waals surface area contributed by atoms with Crippen LogP contribution in [0.3, 0.4) is 0 Å². The van der Waals surface area contributed by atoms with Gasteiger partial charge in [0.1, 0.15) is 0 Å². The summed E-state index contributed by atoms with van der Waals surface area (Å²) in [6, 6.07) is 28.8. The number of hydrogen-bond acceptors (Lipinski definition) is 5. The topological polar surface area (TPSA) is 108 Å². The molecule has 46 heavy (non-hydrogen) atoms. The maximum atomic E-state index is 14.3. The van der Waals surface area contributed by atoms with E-state index < -0.39 is 18.0 Å². The lowest BCUT2D eigenvalue weighted by Gasteiger charge is -2.27. The molecule has 3 N–H and O–H groups in total. The third-order valence-electron chi connectivity index (χ3n) is 7.87. The van der Waals surface area contributed by atoms with Crippen molar-refractivity contribution in [3.63, 3.8) is 0 Å². The van der Waals surface area contributed by atoms with Crippen LogP contribution in [0.2, 0.25) is 10.0 Å². The van der Waals surface area contributed by atoms with Gasteiger partial charge in [-0.2, -0.15) is 0 Å². The number of benzodiazepines with no additional fused rings is 1. The lowest BCUT2D eigenvalue weighted by atomic mass is 9.91. The predicted octanol–water partition coefficient (Wildman–Crippen LogP) is 5.70. The minimum absolute atomic E-state index is 0.282. The van der Waals surface area contributed by atoms with Gasteiger partial charge in [0, 0.05) is 33.3 Å². The fraction of sp³-hybridized carbons (Fsp3) is 0.222. The minimum atomic E-state index is -1.23. The van der Waals surface area contributed by atoms with Crippen LogP contribution in [0.5, 0.6) is 0 Å². The van der Waals surface area contributed by atoms with Crippen LogP contribution in [0.15, 0.2) is 102 Å². The SMILES string of the molecule is CN(C)CCCN1C(=O)C(NC(=O)C(Cc2ccc(Cl)cc2Cl)c2ccccc2)N=C(c2ccc(C(N)=O)cc2)c2ccccc21. The van der Waals surface area contributed by atoms with Crippen LogP contribution in [-0.4, -0.2) is 61.7 Å². The van der Waals surface area contributed by atoms with Crippen molar-refractivity contribution in [1.29, 1.82) is 0 Å². The molecule has 0 fully saturated rings. The second-order valence-corrected chi connectivity index (χ2v) is 12.2. The molecule has 10 heteroatoms. The number of aliphatic imine (C=N–C) groups is 1. The first-order valence-electron chi connectivity index (χ1n) is 14.9. The fourth-order valence-electron chi connectivity index (χ4n) is 5.51. The molecule has 1 aliphatic rings. The Bertz CT molecular complexity index is 1760. The zero-order chi connectivity index (χ0) is 32.8. The van der Waals surface area contributed by atoms with Crippen molar-refractivity contribution in [3.05, 3.63) is 135 Å². The van der Waals surface area contributed by atoms with Crippen LogP contribution in [-0.2, 0) is 16.0 Å². The molecule has 236 valence electrons. The second kappa shape index (κ2) is 14.7. The molecule has 2 atom stereocenters. The number of anilines is 1. The maximum absolute atomic E-state index is 14.3. The van der Waals surface area contributed by atoms with Gasteiger partial charge in [-0.05, 0) is 74.9 Å². The number of fused-ring (bicyclic) bond motifs is 1. The van der Waals surface area contributed by atoms with E-state index in [0.29, 0.717) is 45.5 Å². The lowest BCUT2D eigenvalue weighted by Crippen LogP contribution is -2.49. The number of hydrogen-bond donors (Lipinski definition) is 2. The molecule has 0 spiro atoms. The number of nitrogens with two attached hydrogens (primary N) is 1. The third kappa shape index (κ3) is 7.65. The average Bonchev–Trinajstić information content (AvgIpc) is 3.15. The van der Waals surface area contributed by atoms with Gasteiger partial charge >= 0.3 is 0 Å². The average molecular weight is 657 g/mol. The summed E-state index contributed by atoms with van der Waals surface area (Å²) in [5.74, 6) is -1.94. The largest absolute Gasteiger partial charge is 0.366 e. The van der Waals surface area contributed by atoms with Crippen LogP contribution in [0.4, 0.5) is 5.69 Å². The van der Waals surface area contributed by atoms with Gasteiger partial charge in [0.2, 0.25) is 18.0 Å². The first kappa shape index (κ1) is 32.9. The number of amides is 3. The van der Waals surface area contributed by atoms with E-state index in [9.17, 15) is 14.4 Å². The van der Waals surface area contributed by atoms with Gasteiger partial charge in [-0.3, -0.25) is 14.4 Å². The molecule has 0 aromatic heterocycles. The van der Waals surface area contributed by atoms with Crippen molar-refractivity contribution in [2.45, 2.75) is 24.9 Å². The van der Waals surface area contributed by atoms with E-state index in [2.05, 4.69) is 10.2 Å². The highest BCUT2D eigenvalue weighted by molar-refractivity contribution is 6.35. The van der Waals surface area contributed by atoms with Crippen LogP contribution in [0.25, 0.3) is 0 Å². The van der Waals surface area contributed by atoms with Crippen molar-refractivity contribution in [3.8, 4) is 0 Å². The molecule has 8 nitrogen and oxygen atoms in total. The van der Waals surface area contributed by atoms with Crippen LogP contribution >= 0.6 is 23.2 Å². The molecule has 1 aliphatic heterocycles. The zero-order valence-corrected chi connectivity index (χ0v) is 27.1. The molecular formula is C36H35Cl2N5O3. The highest BCUT2D eigenvalue weighted by Gasteiger charge is 2.34. The van der Waals surface area contributed by atoms with Gasteiger partial charge in [-0.1, -0.05) is 89.9 Å². The van der Waals surface area contributed by atoms with E-state index in [1.54, 1.807) is 47.4 Å². The smallest absolute Gasteiger partial charge is 0.272 e. The lowest BCUT2D eigenvalue weighted by molar-refractivity contribution is -0.128. The number of carbonyl (C=O) groups is 3. The zero-order valence-electron chi connectivity index (χ0n) is 25.6. The quantitative estimate of drug-likeness (QED) is 0.216. The molecule has 2 unspecified atom stereocenters. The summed E-state index contributed by atoms with van der Waals surface area (Å²) in [7, 11) is 3.96. The summed E-state index contributed by atoms with van der Waals surface area (Å²) >= 11 is 12.7. The molecule has 0 radical (unpaired) electrons. The van der Waals surface area contributed by atoms with E-state index in [-0.39, 0.29) is 18.2 Å². The van der Waals surface area contributed by atoms with E-state index in [1.165, 1.54) is 0 Å².